The molecule has 0 unspecified atom stereocenters. The summed E-state index contributed by atoms with van der Waals surface area (Å²) in [7, 11) is 0. The van der Waals surface area contributed by atoms with E-state index in [2.05, 4.69) is 40.8 Å². The molecule has 3 aromatic heterocycles. The zero-order chi connectivity index (χ0) is 17.5. The molecule has 0 amide bonds. The van der Waals surface area contributed by atoms with Gasteiger partial charge in [0.05, 0.1) is 5.69 Å². The van der Waals surface area contributed by atoms with E-state index < -0.39 is 0 Å². The normalized spacial score (nSPS) is 19.1. The molecule has 0 radical (unpaired) electrons. The quantitative estimate of drug-likeness (QED) is 0.693. The first-order valence-electron chi connectivity index (χ1n) is 9.10. The van der Waals surface area contributed by atoms with E-state index in [1.54, 1.807) is 0 Å². The number of aromatic nitrogens is 5. The minimum absolute atomic E-state index is 0.597. The van der Waals surface area contributed by atoms with Crippen molar-refractivity contribution in [1.82, 2.24) is 29.5 Å². The molecule has 0 bridgehead atoms. The molecule has 0 spiro atoms. The van der Waals surface area contributed by atoms with Gasteiger partial charge in [-0.1, -0.05) is 0 Å². The lowest BCUT2D eigenvalue weighted by Gasteiger charge is -2.48. The second-order valence-corrected chi connectivity index (χ2v) is 7.00. The van der Waals surface area contributed by atoms with Crippen LogP contribution in [0.25, 0.3) is 5.52 Å². The van der Waals surface area contributed by atoms with Crippen LogP contribution in [-0.4, -0.2) is 74.8 Å². The number of hydrogen-bond donors (Lipinski definition) is 0. The van der Waals surface area contributed by atoms with Gasteiger partial charge in [0.15, 0.2) is 5.82 Å². The summed E-state index contributed by atoms with van der Waals surface area (Å²) in [5.41, 5.74) is 2.12. The van der Waals surface area contributed by atoms with E-state index in [1.807, 2.05) is 42.3 Å². The molecule has 3 aromatic rings. The van der Waals surface area contributed by atoms with Gasteiger partial charge in [-0.2, -0.15) is 5.10 Å². The van der Waals surface area contributed by atoms with Gasteiger partial charge < -0.3 is 9.80 Å². The Kier molecular flexibility index (Phi) is 3.70. The van der Waals surface area contributed by atoms with Crippen LogP contribution in [0.4, 0.5) is 11.8 Å². The molecule has 26 heavy (non-hydrogen) atoms. The summed E-state index contributed by atoms with van der Waals surface area (Å²) in [4.78, 5) is 20.5. The van der Waals surface area contributed by atoms with E-state index in [1.165, 1.54) is 0 Å². The fourth-order valence-electron chi connectivity index (χ4n) is 3.87. The van der Waals surface area contributed by atoms with E-state index in [9.17, 15) is 0 Å². The van der Waals surface area contributed by atoms with Crippen molar-refractivity contribution < 1.29 is 0 Å². The van der Waals surface area contributed by atoms with Crippen molar-refractivity contribution in [3.63, 3.8) is 0 Å². The van der Waals surface area contributed by atoms with Gasteiger partial charge in [0, 0.05) is 70.1 Å². The van der Waals surface area contributed by atoms with Crippen molar-refractivity contribution in [3.8, 4) is 0 Å². The smallest absolute Gasteiger partial charge is 0.225 e. The van der Waals surface area contributed by atoms with Gasteiger partial charge in [0.25, 0.3) is 0 Å². The molecule has 0 N–H and O–H groups in total. The lowest BCUT2D eigenvalue weighted by molar-refractivity contribution is 0.156. The molecular weight excluding hydrogens is 328 g/mol. The second-order valence-electron chi connectivity index (χ2n) is 7.00. The van der Waals surface area contributed by atoms with E-state index in [0.717, 1.165) is 62.2 Å². The molecule has 0 aliphatic carbocycles. The SMILES string of the molecule is Cc1cc2c(N3CC(N4CCN(c5ncccn5)CC4)C3)nccn2n1. The van der Waals surface area contributed by atoms with Crippen molar-refractivity contribution in [2.24, 2.45) is 0 Å². The maximum Gasteiger partial charge on any atom is 0.225 e. The molecule has 2 fully saturated rings. The van der Waals surface area contributed by atoms with Crippen LogP contribution >= 0.6 is 0 Å². The highest BCUT2D eigenvalue weighted by Gasteiger charge is 2.35. The summed E-state index contributed by atoms with van der Waals surface area (Å²) >= 11 is 0. The summed E-state index contributed by atoms with van der Waals surface area (Å²) in [6, 6.07) is 4.56. The summed E-state index contributed by atoms with van der Waals surface area (Å²) in [6.07, 6.45) is 7.36. The van der Waals surface area contributed by atoms with E-state index in [0.29, 0.717) is 6.04 Å². The Balaban J connectivity index is 1.21. The van der Waals surface area contributed by atoms with Crippen molar-refractivity contribution in [2.75, 3.05) is 49.1 Å². The molecule has 134 valence electrons. The van der Waals surface area contributed by atoms with Gasteiger partial charge in [-0.05, 0) is 19.1 Å². The monoisotopic (exact) mass is 350 g/mol. The maximum atomic E-state index is 4.60. The second kappa shape index (κ2) is 6.21. The van der Waals surface area contributed by atoms with Gasteiger partial charge in [0.1, 0.15) is 5.52 Å². The number of anilines is 2. The third-order valence-electron chi connectivity index (χ3n) is 5.32. The average Bonchev–Trinajstić information content (AvgIpc) is 3.03. The Morgan fingerprint density at radius 1 is 0.923 bits per heavy atom. The lowest BCUT2D eigenvalue weighted by atomic mass is 10.1. The third-order valence-corrected chi connectivity index (χ3v) is 5.32. The molecule has 2 aliphatic rings. The van der Waals surface area contributed by atoms with Crippen LogP contribution < -0.4 is 9.80 Å². The number of aryl methyl sites for hydroxylation is 1. The Morgan fingerprint density at radius 3 is 2.46 bits per heavy atom. The van der Waals surface area contributed by atoms with Crippen molar-refractivity contribution in [2.45, 2.75) is 13.0 Å². The highest BCUT2D eigenvalue weighted by molar-refractivity contribution is 5.70. The highest BCUT2D eigenvalue weighted by Crippen LogP contribution is 2.27. The summed E-state index contributed by atoms with van der Waals surface area (Å²) in [6.45, 7) is 8.15. The molecule has 2 saturated heterocycles. The average molecular weight is 350 g/mol. The predicted molar refractivity (Wildman–Crippen MR) is 99.5 cm³/mol. The van der Waals surface area contributed by atoms with Crippen molar-refractivity contribution in [1.29, 1.82) is 0 Å². The van der Waals surface area contributed by atoms with Crippen LogP contribution in [0.5, 0.6) is 0 Å². The Bertz CT molecular complexity index is 894. The number of hydrogen-bond acceptors (Lipinski definition) is 7. The summed E-state index contributed by atoms with van der Waals surface area (Å²) < 4.78 is 1.92. The van der Waals surface area contributed by atoms with Gasteiger partial charge in [-0.25, -0.2) is 19.5 Å². The number of nitrogens with zero attached hydrogens (tertiary/aromatic N) is 8. The first kappa shape index (κ1) is 15.5. The molecular formula is C18H22N8. The first-order chi connectivity index (χ1) is 12.8. The largest absolute Gasteiger partial charge is 0.352 e. The molecule has 5 rings (SSSR count). The van der Waals surface area contributed by atoms with Crippen molar-refractivity contribution >= 4 is 17.3 Å². The molecule has 5 heterocycles. The maximum absolute atomic E-state index is 4.60. The Labute approximate surface area is 152 Å². The van der Waals surface area contributed by atoms with Crippen LogP contribution in [0.15, 0.2) is 36.9 Å². The van der Waals surface area contributed by atoms with Crippen LogP contribution in [0.1, 0.15) is 5.69 Å². The molecule has 8 heteroatoms. The third kappa shape index (κ3) is 2.66. The van der Waals surface area contributed by atoms with Crippen molar-refractivity contribution in [3.05, 3.63) is 42.6 Å². The standard InChI is InChI=1S/C18H22N8/c1-14-11-16-17(19-5-6-26(16)22-14)25-12-15(13-25)23-7-9-24(10-8-23)18-20-3-2-4-21-18/h2-6,11,15H,7-10,12-13H2,1H3. The van der Waals surface area contributed by atoms with Crippen LogP contribution in [0.3, 0.4) is 0 Å². The van der Waals surface area contributed by atoms with Crippen LogP contribution in [-0.2, 0) is 0 Å². The zero-order valence-corrected chi connectivity index (χ0v) is 14.9. The van der Waals surface area contributed by atoms with Crippen LogP contribution in [0, 0.1) is 6.92 Å². The molecule has 2 aliphatic heterocycles. The summed E-state index contributed by atoms with van der Waals surface area (Å²) in [5, 5.41) is 4.48. The van der Waals surface area contributed by atoms with Crippen LogP contribution in [0.2, 0.25) is 0 Å². The minimum Gasteiger partial charge on any atom is -0.352 e. The fourth-order valence-corrected chi connectivity index (χ4v) is 3.87. The minimum atomic E-state index is 0.597. The molecule has 8 nitrogen and oxygen atoms in total. The lowest BCUT2D eigenvalue weighted by Crippen LogP contribution is -2.63. The van der Waals surface area contributed by atoms with Gasteiger partial charge >= 0.3 is 0 Å². The van der Waals surface area contributed by atoms with Gasteiger partial charge in [-0.3, -0.25) is 4.90 Å². The first-order valence-corrected chi connectivity index (χ1v) is 9.10. The summed E-state index contributed by atoms with van der Waals surface area (Å²) in [5.74, 6) is 1.88. The zero-order valence-electron chi connectivity index (χ0n) is 14.9. The Hall–Kier alpha value is -2.74. The number of piperazine rings is 1. The van der Waals surface area contributed by atoms with Gasteiger partial charge in [-0.15, -0.1) is 0 Å². The van der Waals surface area contributed by atoms with E-state index >= 15 is 0 Å². The van der Waals surface area contributed by atoms with E-state index in [-0.39, 0.29) is 0 Å². The molecule has 0 saturated carbocycles. The van der Waals surface area contributed by atoms with Gasteiger partial charge in [0.2, 0.25) is 5.95 Å². The Morgan fingerprint density at radius 2 is 1.69 bits per heavy atom. The topological polar surface area (TPSA) is 65.7 Å². The number of rotatable bonds is 3. The molecule has 0 atom stereocenters. The fraction of sp³-hybridized carbons (Fsp3) is 0.444. The van der Waals surface area contributed by atoms with E-state index in [4.69, 9.17) is 0 Å². The highest BCUT2D eigenvalue weighted by atomic mass is 15.4. The molecule has 0 aromatic carbocycles. The predicted octanol–water partition coefficient (Wildman–Crippen LogP) is 0.839. The number of fused-ring (bicyclic) bond motifs is 1.